The molecule has 1 nitrogen and oxygen atoms in total. The Morgan fingerprint density at radius 3 is 2.73 bits per heavy atom. The monoisotopic (exact) mass is 143 g/mol. The second-order valence-electron chi connectivity index (χ2n) is 2.43. The molecule has 0 aromatic heterocycles. The molecule has 0 amide bonds. The maximum Gasteiger partial charge on any atom is 0.124 e. The molecule has 1 radical (unpaired) electrons. The predicted molar refractivity (Wildman–Crippen MR) is 44.4 cm³/mol. The van der Waals surface area contributed by atoms with Crippen molar-refractivity contribution in [1.82, 2.24) is 0 Å². The van der Waals surface area contributed by atoms with Crippen molar-refractivity contribution in [1.29, 1.82) is 0 Å². The molecule has 0 spiro atoms. The maximum absolute atomic E-state index is 9.34. The van der Waals surface area contributed by atoms with E-state index in [0.29, 0.717) is 5.75 Å². The van der Waals surface area contributed by atoms with Crippen LogP contribution < -0.4 is 0 Å². The lowest BCUT2D eigenvalue weighted by Crippen LogP contribution is -1.71. The summed E-state index contributed by atoms with van der Waals surface area (Å²) in [6, 6.07) is 14.0. The van der Waals surface area contributed by atoms with Crippen LogP contribution in [0.3, 0.4) is 0 Å². The van der Waals surface area contributed by atoms with Crippen molar-refractivity contribution in [2.24, 2.45) is 0 Å². The molecule has 2 aromatic carbocycles. The fraction of sp³-hybridized carbons (Fsp3) is 0. The summed E-state index contributed by atoms with van der Waals surface area (Å²) in [4.78, 5) is 0. The molecule has 53 valence electrons. The summed E-state index contributed by atoms with van der Waals surface area (Å²) in [6.45, 7) is 0. The van der Waals surface area contributed by atoms with Crippen LogP contribution in [0.1, 0.15) is 0 Å². The lowest BCUT2D eigenvalue weighted by molar-refractivity contribution is 0.481. The summed E-state index contributed by atoms with van der Waals surface area (Å²) in [6.07, 6.45) is 0. The highest BCUT2D eigenvalue weighted by Crippen LogP contribution is 2.22. The molecule has 0 fully saturated rings. The molecular weight excluding hydrogens is 136 g/mol. The lowest BCUT2D eigenvalue weighted by atomic mass is 10.1. The molecule has 0 unspecified atom stereocenters. The molecular formula is C10H7O. The van der Waals surface area contributed by atoms with E-state index in [1.165, 1.54) is 0 Å². The van der Waals surface area contributed by atoms with Gasteiger partial charge in [-0.3, -0.25) is 0 Å². The van der Waals surface area contributed by atoms with Crippen LogP contribution >= 0.6 is 0 Å². The molecule has 0 heterocycles. The Morgan fingerprint density at radius 2 is 1.91 bits per heavy atom. The minimum Gasteiger partial charge on any atom is -0.507 e. The third kappa shape index (κ3) is 0.944. The van der Waals surface area contributed by atoms with Crippen LogP contribution in [0.25, 0.3) is 10.8 Å². The number of hydrogen-bond acceptors (Lipinski definition) is 1. The molecule has 0 bridgehead atoms. The molecule has 1 N–H and O–H groups in total. The molecule has 0 saturated heterocycles. The van der Waals surface area contributed by atoms with Gasteiger partial charge in [-0.05, 0) is 23.6 Å². The lowest BCUT2D eigenvalue weighted by Gasteiger charge is -1.97. The number of phenols is 1. The van der Waals surface area contributed by atoms with Gasteiger partial charge < -0.3 is 5.11 Å². The van der Waals surface area contributed by atoms with Crippen LogP contribution in [0.15, 0.2) is 36.4 Å². The Labute approximate surface area is 64.9 Å². The van der Waals surface area contributed by atoms with Crippen LogP contribution in [0.5, 0.6) is 5.75 Å². The van der Waals surface area contributed by atoms with E-state index in [2.05, 4.69) is 6.07 Å². The Hall–Kier alpha value is -1.50. The first-order valence-corrected chi connectivity index (χ1v) is 3.46. The van der Waals surface area contributed by atoms with E-state index in [0.717, 1.165) is 10.8 Å². The minimum absolute atomic E-state index is 0.295. The number of phenolic OH excluding ortho intramolecular Hbond substituents is 1. The van der Waals surface area contributed by atoms with Crippen molar-refractivity contribution in [2.75, 3.05) is 0 Å². The number of hydrogen-bond donors (Lipinski definition) is 1. The van der Waals surface area contributed by atoms with Gasteiger partial charge in [0, 0.05) is 5.39 Å². The number of aromatic hydroxyl groups is 1. The summed E-state index contributed by atoms with van der Waals surface area (Å²) in [5, 5.41) is 11.2. The van der Waals surface area contributed by atoms with Crippen molar-refractivity contribution in [2.45, 2.75) is 0 Å². The number of benzene rings is 2. The van der Waals surface area contributed by atoms with Crippen molar-refractivity contribution >= 4 is 10.8 Å². The number of fused-ring (bicyclic) bond motifs is 1. The van der Waals surface area contributed by atoms with Gasteiger partial charge in [-0.2, -0.15) is 0 Å². The largest absolute Gasteiger partial charge is 0.507 e. The highest BCUT2D eigenvalue weighted by Gasteiger charge is 1.94. The van der Waals surface area contributed by atoms with Gasteiger partial charge >= 0.3 is 0 Å². The van der Waals surface area contributed by atoms with E-state index < -0.39 is 0 Å². The number of rotatable bonds is 0. The Kier molecular flexibility index (Phi) is 1.29. The molecule has 0 aliphatic heterocycles. The van der Waals surface area contributed by atoms with E-state index in [1.807, 2.05) is 30.3 Å². The molecule has 0 aliphatic rings. The quantitative estimate of drug-likeness (QED) is 0.600. The van der Waals surface area contributed by atoms with Gasteiger partial charge in [-0.25, -0.2) is 0 Å². The SMILES string of the molecule is Oc1c[c]cc2ccccc12. The molecule has 0 atom stereocenters. The highest BCUT2D eigenvalue weighted by atomic mass is 16.3. The second kappa shape index (κ2) is 2.27. The van der Waals surface area contributed by atoms with E-state index in [9.17, 15) is 5.11 Å². The van der Waals surface area contributed by atoms with Crippen molar-refractivity contribution < 1.29 is 5.11 Å². The van der Waals surface area contributed by atoms with Gasteiger partial charge in [0.05, 0.1) is 0 Å². The van der Waals surface area contributed by atoms with Crippen LogP contribution in [-0.2, 0) is 0 Å². The molecule has 2 rings (SSSR count). The maximum atomic E-state index is 9.34. The van der Waals surface area contributed by atoms with Crippen molar-refractivity contribution in [3.63, 3.8) is 0 Å². The van der Waals surface area contributed by atoms with Gasteiger partial charge in [-0.1, -0.05) is 24.3 Å². The van der Waals surface area contributed by atoms with Gasteiger partial charge in [-0.15, -0.1) is 0 Å². The molecule has 0 saturated carbocycles. The Balaban J connectivity index is 2.91. The van der Waals surface area contributed by atoms with Gasteiger partial charge in [0.1, 0.15) is 5.75 Å². The van der Waals surface area contributed by atoms with E-state index >= 15 is 0 Å². The fourth-order valence-corrected chi connectivity index (χ4v) is 1.14. The van der Waals surface area contributed by atoms with E-state index in [-0.39, 0.29) is 0 Å². The van der Waals surface area contributed by atoms with Gasteiger partial charge in [0.25, 0.3) is 0 Å². The average Bonchev–Trinajstić information content (AvgIpc) is 2.06. The topological polar surface area (TPSA) is 20.2 Å². The Morgan fingerprint density at radius 1 is 1.09 bits per heavy atom. The summed E-state index contributed by atoms with van der Waals surface area (Å²) in [5.74, 6) is 0.295. The zero-order valence-electron chi connectivity index (χ0n) is 5.91. The zero-order chi connectivity index (χ0) is 7.68. The third-order valence-corrected chi connectivity index (χ3v) is 1.70. The molecule has 0 aliphatic carbocycles. The molecule has 2 aromatic rings. The standard InChI is InChI=1S/C10H7O/c11-10-7-3-5-8-4-1-2-6-9(8)10/h1-2,4-7,11H. The predicted octanol–water partition coefficient (Wildman–Crippen LogP) is 2.35. The second-order valence-corrected chi connectivity index (χ2v) is 2.43. The highest BCUT2D eigenvalue weighted by molar-refractivity contribution is 5.87. The first-order chi connectivity index (χ1) is 5.38. The summed E-state index contributed by atoms with van der Waals surface area (Å²) < 4.78 is 0. The van der Waals surface area contributed by atoms with Crippen LogP contribution in [-0.4, -0.2) is 5.11 Å². The van der Waals surface area contributed by atoms with E-state index in [4.69, 9.17) is 0 Å². The Bertz CT molecular complexity index is 374. The first kappa shape index (κ1) is 6.23. The van der Waals surface area contributed by atoms with Crippen LogP contribution in [0.4, 0.5) is 0 Å². The van der Waals surface area contributed by atoms with Crippen molar-refractivity contribution in [3.8, 4) is 5.75 Å². The van der Waals surface area contributed by atoms with Crippen LogP contribution in [0, 0.1) is 6.07 Å². The third-order valence-electron chi connectivity index (χ3n) is 1.70. The van der Waals surface area contributed by atoms with Gasteiger partial charge in [0.15, 0.2) is 0 Å². The normalized spacial score (nSPS) is 10.2. The van der Waals surface area contributed by atoms with Crippen LogP contribution in [0.2, 0.25) is 0 Å². The summed E-state index contributed by atoms with van der Waals surface area (Å²) >= 11 is 0. The van der Waals surface area contributed by atoms with E-state index in [1.54, 1.807) is 6.07 Å². The van der Waals surface area contributed by atoms with Crippen molar-refractivity contribution in [3.05, 3.63) is 42.5 Å². The summed E-state index contributed by atoms with van der Waals surface area (Å²) in [5.41, 5.74) is 0. The zero-order valence-corrected chi connectivity index (χ0v) is 5.91. The van der Waals surface area contributed by atoms with Gasteiger partial charge in [0.2, 0.25) is 0 Å². The summed E-state index contributed by atoms with van der Waals surface area (Å²) in [7, 11) is 0. The minimum atomic E-state index is 0.295. The molecule has 1 heteroatoms. The average molecular weight is 143 g/mol. The first-order valence-electron chi connectivity index (χ1n) is 3.46. The fourth-order valence-electron chi connectivity index (χ4n) is 1.14. The molecule has 11 heavy (non-hydrogen) atoms. The smallest absolute Gasteiger partial charge is 0.124 e.